The highest BCUT2D eigenvalue weighted by Crippen LogP contribution is 2.19. The number of aliphatic carboxylic acids is 1. The van der Waals surface area contributed by atoms with Crippen LogP contribution in [0.3, 0.4) is 0 Å². The van der Waals surface area contributed by atoms with Gasteiger partial charge in [0.05, 0.1) is 17.4 Å². The molecule has 0 bridgehead atoms. The van der Waals surface area contributed by atoms with E-state index < -0.39 is 18.4 Å². The molecule has 1 heterocycles. The number of aromatic nitrogens is 2. The second-order valence-electron chi connectivity index (χ2n) is 6.69. The maximum Gasteiger partial charge on any atom is 0.322 e. The molecule has 0 radical (unpaired) electrons. The van der Waals surface area contributed by atoms with E-state index in [0.717, 1.165) is 11.3 Å². The van der Waals surface area contributed by atoms with Crippen molar-refractivity contribution in [3.8, 4) is 12.3 Å². The lowest BCUT2D eigenvalue weighted by atomic mass is 10.1. The normalized spacial score (nSPS) is 10.4. The van der Waals surface area contributed by atoms with Crippen LogP contribution in [-0.2, 0) is 11.3 Å². The Balaban J connectivity index is 1.81. The van der Waals surface area contributed by atoms with Gasteiger partial charge in [0.2, 0.25) is 0 Å². The van der Waals surface area contributed by atoms with E-state index in [1.165, 1.54) is 0 Å². The zero-order valence-corrected chi connectivity index (χ0v) is 16.3. The Morgan fingerprint density at radius 2 is 1.97 bits per heavy atom. The Labute approximate surface area is 172 Å². The molecule has 0 aliphatic heterocycles. The fourth-order valence-corrected chi connectivity index (χ4v) is 3.05. The number of hydrogen-bond acceptors (Lipinski definition) is 5. The summed E-state index contributed by atoms with van der Waals surface area (Å²) in [5.74, 6) is 1.59. The van der Waals surface area contributed by atoms with Gasteiger partial charge in [0, 0.05) is 17.8 Å². The van der Waals surface area contributed by atoms with E-state index in [4.69, 9.17) is 11.5 Å². The number of nitrogens with zero attached hydrogens (tertiary/aromatic N) is 2. The number of aromatic amines is 1. The Hall–Kier alpha value is -4.12. The molecule has 1 aromatic heterocycles. The molecule has 30 heavy (non-hydrogen) atoms. The van der Waals surface area contributed by atoms with Gasteiger partial charge in [-0.1, -0.05) is 12.0 Å². The molecule has 0 fully saturated rings. The zero-order valence-electron chi connectivity index (χ0n) is 16.3. The molecule has 152 valence electrons. The van der Waals surface area contributed by atoms with Crippen LogP contribution in [0.5, 0.6) is 0 Å². The maximum atomic E-state index is 12.2. The van der Waals surface area contributed by atoms with E-state index in [-0.39, 0.29) is 5.56 Å². The number of amides is 1. The van der Waals surface area contributed by atoms with E-state index in [1.807, 2.05) is 11.0 Å². The van der Waals surface area contributed by atoms with Crippen LogP contribution in [0.2, 0.25) is 0 Å². The predicted octanol–water partition coefficient (Wildman–Crippen LogP) is 1.69. The molecule has 0 aliphatic rings. The van der Waals surface area contributed by atoms with Crippen LogP contribution >= 0.6 is 0 Å². The molecule has 8 heteroatoms. The first-order chi connectivity index (χ1) is 14.4. The summed E-state index contributed by atoms with van der Waals surface area (Å²) in [7, 11) is 0. The van der Waals surface area contributed by atoms with Crippen LogP contribution in [-0.4, -0.2) is 40.0 Å². The number of fused-ring (bicyclic) bond motifs is 1. The fourth-order valence-electron chi connectivity index (χ4n) is 3.05. The van der Waals surface area contributed by atoms with E-state index in [0.29, 0.717) is 35.4 Å². The Kier molecular flexibility index (Phi) is 6.13. The number of anilines is 1. The van der Waals surface area contributed by atoms with Crippen molar-refractivity contribution in [3.05, 3.63) is 69.8 Å². The third-order valence-electron chi connectivity index (χ3n) is 4.44. The molecule has 1 amide bonds. The summed E-state index contributed by atoms with van der Waals surface area (Å²) < 4.78 is 0. The van der Waals surface area contributed by atoms with Crippen LogP contribution in [0, 0.1) is 19.3 Å². The molecule has 0 saturated heterocycles. The molecule has 3 aromatic rings. The van der Waals surface area contributed by atoms with Gasteiger partial charge < -0.3 is 20.3 Å². The minimum absolute atomic E-state index is 0.195. The first-order valence-corrected chi connectivity index (χ1v) is 9.15. The van der Waals surface area contributed by atoms with Gasteiger partial charge in [0.1, 0.15) is 12.4 Å². The number of carbonyl (C=O) groups is 2. The number of H-pyrrole nitrogens is 1. The molecule has 0 unspecified atom stereocenters. The highest BCUT2D eigenvalue weighted by Gasteiger charge is 2.11. The van der Waals surface area contributed by atoms with Gasteiger partial charge in [-0.3, -0.25) is 14.4 Å². The van der Waals surface area contributed by atoms with Crippen molar-refractivity contribution in [1.29, 1.82) is 0 Å². The number of terminal acetylenes is 1. The fraction of sp³-hybridized carbons (Fsp3) is 0.182. The van der Waals surface area contributed by atoms with Crippen molar-refractivity contribution < 1.29 is 14.7 Å². The summed E-state index contributed by atoms with van der Waals surface area (Å²) in [5, 5.41) is 11.5. The van der Waals surface area contributed by atoms with Gasteiger partial charge >= 0.3 is 5.97 Å². The van der Waals surface area contributed by atoms with Crippen LogP contribution < -0.4 is 15.8 Å². The quantitative estimate of drug-likeness (QED) is 0.516. The van der Waals surface area contributed by atoms with Crippen molar-refractivity contribution in [2.75, 3.05) is 18.0 Å². The molecular weight excluding hydrogens is 384 g/mol. The van der Waals surface area contributed by atoms with Crippen molar-refractivity contribution in [3.63, 3.8) is 0 Å². The lowest BCUT2D eigenvalue weighted by Gasteiger charge is -2.23. The summed E-state index contributed by atoms with van der Waals surface area (Å²) in [5.41, 5.74) is 2.45. The van der Waals surface area contributed by atoms with Gasteiger partial charge in [-0.2, -0.15) is 0 Å². The topological polar surface area (TPSA) is 115 Å². The lowest BCUT2D eigenvalue weighted by molar-refractivity contribution is -0.135. The Morgan fingerprint density at radius 3 is 2.63 bits per heavy atom. The highest BCUT2D eigenvalue weighted by molar-refractivity contribution is 5.96. The van der Waals surface area contributed by atoms with Crippen molar-refractivity contribution >= 4 is 28.5 Å². The van der Waals surface area contributed by atoms with Gasteiger partial charge in [-0.25, -0.2) is 4.98 Å². The molecule has 0 aliphatic carbocycles. The Morgan fingerprint density at radius 1 is 1.23 bits per heavy atom. The summed E-state index contributed by atoms with van der Waals surface area (Å²) >= 11 is 0. The number of benzene rings is 2. The summed E-state index contributed by atoms with van der Waals surface area (Å²) in [6, 6.07) is 12.2. The average molecular weight is 404 g/mol. The number of carboxylic acid groups (broad SMARTS) is 1. The van der Waals surface area contributed by atoms with Gasteiger partial charge in [0.25, 0.3) is 11.5 Å². The number of rotatable bonds is 7. The third-order valence-corrected chi connectivity index (χ3v) is 4.44. The predicted molar refractivity (Wildman–Crippen MR) is 113 cm³/mol. The van der Waals surface area contributed by atoms with Crippen molar-refractivity contribution in [1.82, 2.24) is 15.3 Å². The number of carbonyl (C=O) groups excluding carboxylic acids is 1. The molecule has 3 rings (SSSR count). The van der Waals surface area contributed by atoms with E-state index in [9.17, 15) is 14.4 Å². The molecular formula is C22H20N4O4. The van der Waals surface area contributed by atoms with E-state index in [1.54, 1.807) is 43.3 Å². The van der Waals surface area contributed by atoms with Crippen LogP contribution in [0.1, 0.15) is 21.7 Å². The highest BCUT2D eigenvalue weighted by atomic mass is 16.4. The first-order valence-electron chi connectivity index (χ1n) is 9.15. The SMILES string of the molecule is C#CCN(Cc1ccc2nc(C)[nH]c(=O)c2c1)c1ccc(C(=O)NCC(=O)O)cc1. The minimum Gasteiger partial charge on any atom is -0.480 e. The summed E-state index contributed by atoms with van der Waals surface area (Å²) in [4.78, 5) is 43.7. The van der Waals surface area contributed by atoms with Crippen molar-refractivity contribution in [2.24, 2.45) is 0 Å². The lowest BCUT2D eigenvalue weighted by Crippen LogP contribution is -2.29. The van der Waals surface area contributed by atoms with Gasteiger partial charge in [-0.15, -0.1) is 6.42 Å². The molecule has 0 saturated carbocycles. The average Bonchev–Trinajstić information content (AvgIpc) is 2.72. The smallest absolute Gasteiger partial charge is 0.322 e. The summed E-state index contributed by atoms with van der Waals surface area (Å²) in [6.45, 7) is 2.07. The Bertz CT molecular complexity index is 1190. The molecule has 0 spiro atoms. The zero-order chi connectivity index (χ0) is 21.7. The van der Waals surface area contributed by atoms with Gasteiger partial charge in [0.15, 0.2) is 0 Å². The second kappa shape index (κ2) is 8.92. The summed E-state index contributed by atoms with van der Waals surface area (Å²) in [6.07, 6.45) is 5.52. The minimum atomic E-state index is -1.11. The van der Waals surface area contributed by atoms with E-state index >= 15 is 0 Å². The first kappa shape index (κ1) is 20.6. The molecule has 8 nitrogen and oxygen atoms in total. The van der Waals surface area contributed by atoms with Gasteiger partial charge in [-0.05, 0) is 48.9 Å². The third kappa shape index (κ3) is 4.83. The number of hydrogen-bond donors (Lipinski definition) is 3. The van der Waals surface area contributed by atoms with E-state index in [2.05, 4.69) is 21.2 Å². The molecule has 3 N–H and O–H groups in total. The second-order valence-corrected chi connectivity index (χ2v) is 6.69. The maximum absolute atomic E-state index is 12.2. The number of aryl methyl sites for hydroxylation is 1. The largest absolute Gasteiger partial charge is 0.480 e. The van der Waals surface area contributed by atoms with Crippen LogP contribution in [0.15, 0.2) is 47.3 Å². The van der Waals surface area contributed by atoms with Crippen LogP contribution in [0.25, 0.3) is 10.9 Å². The molecule has 2 aromatic carbocycles. The number of nitrogens with one attached hydrogen (secondary N) is 2. The monoisotopic (exact) mass is 404 g/mol. The van der Waals surface area contributed by atoms with Crippen molar-refractivity contribution in [2.45, 2.75) is 13.5 Å². The molecule has 0 atom stereocenters. The van der Waals surface area contributed by atoms with Crippen LogP contribution in [0.4, 0.5) is 5.69 Å². The number of carboxylic acids is 1. The standard InChI is InChI=1S/C22H20N4O4/c1-3-10-26(17-7-5-16(6-8-17)21(29)23-12-20(27)28)13-15-4-9-19-18(11-15)22(30)25-14(2)24-19/h1,4-9,11H,10,12-13H2,2H3,(H,23,29)(H,27,28)(H,24,25,30).